The summed E-state index contributed by atoms with van der Waals surface area (Å²) in [6, 6.07) is 17.0. The maximum Gasteiger partial charge on any atom is 0.252 e. The van der Waals surface area contributed by atoms with Gasteiger partial charge in [-0.15, -0.1) is 0 Å². The molecule has 7 rings (SSSR count). The highest BCUT2D eigenvalue weighted by atomic mass is 19.3. The van der Waals surface area contributed by atoms with Crippen molar-refractivity contribution in [2.75, 3.05) is 5.73 Å². The van der Waals surface area contributed by atoms with Gasteiger partial charge in [-0.05, 0) is 111 Å². The van der Waals surface area contributed by atoms with Crippen molar-refractivity contribution in [2.24, 2.45) is 14.1 Å². The third-order valence-corrected chi connectivity index (χ3v) is 10.5. The van der Waals surface area contributed by atoms with E-state index in [0.717, 1.165) is 63.8 Å². The summed E-state index contributed by atoms with van der Waals surface area (Å²) in [6.07, 6.45) is 4.80. The first-order chi connectivity index (χ1) is 22.9. The van der Waals surface area contributed by atoms with E-state index in [0.29, 0.717) is 35.5 Å². The van der Waals surface area contributed by atoms with Crippen molar-refractivity contribution < 1.29 is 18.4 Å². The molecule has 2 aliphatic carbocycles. The number of carbonyl (C=O) groups is 2. The molecule has 2 aromatic carbocycles. The first kappa shape index (κ1) is 31.7. The summed E-state index contributed by atoms with van der Waals surface area (Å²) in [7, 11) is 3.90. The molecule has 1 amide bonds. The summed E-state index contributed by atoms with van der Waals surface area (Å²) in [5.74, 6) is -1.71. The zero-order valence-corrected chi connectivity index (χ0v) is 27.7. The summed E-state index contributed by atoms with van der Waals surface area (Å²) < 4.78 is 32.5. The van der Waals surface area contributed by atoms with Crippen molar-refractivity contribution in [2.45, 2.75) is 76.2 Å². The number of imidazole rings is 1. The number of anilines is 1. The Morgan fingerprint density at radius 3 is 2.35 bits per heavy atom. The number of amides is 1. The molecule has 2 fully saturated rings. The number of aryl methyl sites for hydroxylation is 2. The second-order valence-electron chi connectivity index (χ2n) is 13.6. The average Bonchev–Trinajstić information content (AvgIpc) is 3.52. The second kappa shape index (κ2) is 11.7. The van der Waals surface area contributed by atoms with Crippen LogP contribution in [-0.2, 0) is 24.4 Å². The second-order valence-corrected chi connectivity index (χ2v) is 13.6. The van der Waals surface area contributed by atoms with Crippen molar-refractivity contribution in [3.05, 3.63) is 82.7 Å². The molecule has 2 aliphatic rings. The molecule has 0 atom stereocenters. The van der Waals surface area contributed by atoms with Gasteiger partial charge in [-0.2, -0.15) is 0 Å². The number of hydrogen-bond acceptors (Lipinski definition) is 5. The van der Waals surface area contributed by atoms with Gasteiger partial charge in [-0.25, -0.2) is 18.7 Å². The maximum atomic E-state index is 14.2. The minimum absolute atomic E-state index is 0.0259. The van der Waals surface area contributed by atoms with Gasteiger partial charge in [0.2, 0.25) is 5.92 Å². The van der Waals surface area contributed by atoms with E-state index in [4.69, 9.17) is 10.7 Å². The molecule has 0 saturated heterocycles. The first-order valence-corrected chi connectivity index (χ1v) is 16.6. The Kier molecular flexibility index (Phi) is 7.72. The fraction of sp³-hybridized carbons (Fsp3) is 0.368. The number of allylic oxidation sites excluding steroid dienone is 1. The number of aromatic nitrogens is 4. The molecule has 0 bridgehead atoms. The van der Waals surface area contributed by atoms with Gasteiger partial charge in [0.25, 0.3) is 5.91 Å². The molecule has 3 N–H and O–H groups in total. The van der Waals surface area contributed by atoms with Gasteiger partial charge in [0, 0.05) is 43.4 Å². The Morgan fingerprint density at radius 2 is 1.69 bits per heavy atom. The van der Waals surface area contributed by atoms with Crippen LogP contribution in [0.1, 0.15) is 92.0 Å². The molecule has 5 aromatic rings. The number of Topliss-reactive ketones (excluding diaryl/α,β-unsaturated/α-hetero) is 1. The predicted octanol–water partition coefficient (Wildman–Crippen LogP) is 7.80. The lowest BCUT2D eigenvalue weighted by Crippen LogP contribution is -2.52. The molecule has 3 heterocycles. The van der Waals surface area contributed by atoms with Crippen LogP contribution in [0.4, 0.5) is 14.6 Å². The van der Waals surface area contributed by atoms with Gasteiger partial charge in [0.1, 0.15) is 11.6 Å². The van der Waals surface area contributed by atoms with Crippen LogP contribution in [0, 0.1) is 0 Å². The number of benzene rings is 2. The Labute approximate surface area is 278 Å². The third-order valence-electron chi connectivity index (χ3n) is 10.5. The number of ketones is 1. The maximum absolute atomic E-state index is 14.2. The van der Waals surface area contributed by atoms with Gasteiger partial charge in [-0.1, -0.05) is 18.2 Å². The highest BCUT2D eigenvalue weighted by Gasteiger charge is 2.44. The topological polar surface area (TPSA) is 108 Å². The standard InChI is InChI=1S/C38H40F2N6O2/c1-22(23(2)47)19-24-9-12-28-31(20-24)46(4)36(43-28)37(15-6-16-37)44-35(48)26-10-11-27-30(21-26)45(3)34(29-7-5-8-32(41)42-29)33(27)25-13-17-38(39,40)18-14-25/h5,7-12,19-21,25H,6,13-18H2,1-4H3,(H2,41,42)(H,44,48)/b22-19+. The molecule has 3 aromatic heterocycles. The van der Waals surface area contributed by atoms with Crippen LogP contribution >= 0.6 is 0 Å². The Balaban J connectivity index is 1.25. The summed E-state index contributed by atoms with van der Waals surface area (Å²) in [6.45, 7) is 3.36. The van der Waals surface area contributed by atoms with E-state index in [-0.39, 0.29) is 30.4 Å². The van der Waals surface area contributed by atoms with Crippen LogP contribution in [0.3, 0.4) is 0 Å². The van der Waals surface area contributed by atoms with E-state index in [9.17, 15) is 18.4 Å². The van der Waals surface area contributed by atoms with Crippen molar-refractivity contribution in [1.82, 2.24) is 24.4 Å². The van der Waals surface area contributed by atoms with E-state index >= 15 is 0 Å². The minimum atomic E-state index is -2.65. The lowest BCUT2D eigenvalue weighted by molar-refractivity contribution is -0.113. The largest absolute Gasteiger partial charge is 0.384 e. The van der Waals surface area contributed by atoms with Crippen LogP contribution in [0.25, 0.3) is 39.4 Å². The van der Waals surface area contributed by atoms with Crippen molar-refractivity contribution >= 4 is 45.5 Å². The molecule has 10 heteroatoms. The van der Waals surface area contributed by atoms with Crippen molar-refractivity contribution in [3.8, 4) is 11.4 Å². The summed E-state index contributed by atoms with van der Waals surface area (Å²) >= 11 is 0. The Bertz CT molecular complexity index is 2130. The van der Waals surface area contributed by atoms with E-state index in [2.05, 4.69) is 10.3 Å². The van der Waals surface area contributed by atoms with Crippen LogP contribution in [0.15, 0.2) is 60.2 Å². The minimum Gasteiger partial charge on any atom is -0.384 e. The summed E-state index contributed by atoms with van der Waals surface area (Å²) in [4.78, 5) is 35.4. The number of fused-ring (bicyclic) bond motifs is 2. The van der Waals surface area contributed by atoms with E-state index in [1.165, 1.54) is 0 Å². The monoisotopic (exact) mass is 650 g/mol. The zero-order chi connectivity index (χ0) is 34.0. The number of nitrogens with two attached hydrogens (primary N) is 1. The number of rotatable bonds is 7. The number of hydrogen-bond donors (Lipinski definition) is 2. The SMILES string of the molecule is CC(=O)/C(C)=C/c1ccc2nc(C3(NC(=O)c4ccc5c(C6CCC(F)(F)CC6)c(-c6cccc(N)n6)n(C)c5c4)CCC3)n(C)c2c1. The summed E-state index contributed by atoms with van der Waals surface area (Å²) in [5, 5.41) is 4.28. The number of alkyl halides is 2. The van der Waals surface area contributed by atoms with E-state index in [1.807, 2.05) is 77.8 Å². The van der Waals surface area contributed by atoms with E-state index < -0.39 is 11.5 Å². The van der Waals surface area contributed by atoms with Crippen LogP contribution in [-0.4, -0.2) is 36.7 Å². The van der Waals surface area contributed by atoms with Crippen molar-refractivity contribution in [3.63, 3.8) is 0 Å². The molecule has 48 heavy (non-hydrogen) atoms. The molecule has 248 valence electrons. The third kappa shape index (κ3) is 5.46. The molecular weight excluding hydrogens is 610 g/mol. The molecule has 0 aliphatic heterocycles. The number of nitrogen functional groups attached to an aromatic ring is 1. The van der Waals surface area contributed by atoms with Crippen molar-refractivity contribution in [1.29, 1.82) is 0 Å². The highest BCUT2D eigenvalue weighted by Crippen LogP contribution is 2.47. The molecule has 0 unspecified atom stereocenters. The fourth-order valence-electron chi connectivity index (χ4n) is 7.54. The number of nitrogens with one attached hydrogen (secondary N) is 1. The van der Waals surface area contributed by atoms with Crippen LogP contribution in [0.5, 0.6) is 0 Å². The number of pyridine rings is 1. The molecular formula is C38H40F2N6O2. The average molecular weight is 651 g/mol. The smallest absolute Gasteiger partial charge is 0.252 e. The summed E-state index contributed by atoms with van der Waals surface area (Å²) in [5.41, 5.74) is 12.6. The van der Waals surface area contributed by atoms with Gasteiger partial charge < -0.3 is 20.2 Å². The quantitative estimate of drug-likeness (QED) is 0.175. The number of nitrogens with zero attached hydrogens (tertiary/aromatic N) is 4. The van der Waals surface area contributed by atoms with Crippen LogP contribution < -0.4 is 11.1 Å². The fourth-order valence-corrected chi connectivity index (χ4v) is 7.54. The molecule has 0 radical (unpaired) electrons. The van der Waals surface area contributed by atoms with E-state index in [1.54, 1.807) is 19.9 Å². The van der Waals surface area contributed by atoms with Crippen LogP contribution in [0.2, 0.25) is 0 Å². The molecule has 8 nitrogen and oxygen atoms in total. The lowest BCUT2D eigenvalue weighted by Gasteiger charge is -2.41. The Morgan fingerprint density at radius 1 is 0.938 bits per heavy atom. The number of halogens is 2. The predicted molar refractivity (Wildman–Crippen MR) is 185 cm³/mol. The first-order valence-electron chi connectivity index (χ1n) is 16.6. The molecule has 2 saturated carbocycles. The van der Waals surface area contributed by atoms with Gasteiger partial charge in [0.05, 0.1) is 28.0 Å². The van der Waals surface area contributed by atoms with Gasteiger partial charge in [-0.3, -0.25) is 9.59 Å². The number of carbonyl (C=O) groups excluding carboxylic acids is 2. The Hall–Kier alpha value is -4.86. The van der Waals surface area contributed by atoms with Gasteiger partial charge in [0.15, 0.2) is 5.78 Å². The lowest BCUT2D eigenvalue weighted by atomic mass is 9.75. The molecule has 0 spiro atoms. The van der Waals surface area contributed by atoms with Gasteiger partial charge >= 0.3 is 0 Å². The highest BCUT2D eigenvalue weighted by molar-refractivity contribution is 6.01. The zero-order valence-electron chi connectivity index (χ0n) is 27.7. The normalized spacial score (nSPS) is 17.8.